The first kappa shape index (κ1) is 13.6. The topological polar surface area (TPSA) is 26.3 Å². The predicted octanol–water partition coefficient (Wildman–Crippen LogP) is 4.70. The summed E-state index contributed by atoms with van der Waals surface area (Å²) in [5.74, 6) is 0.732. The molecule has 0 aliphatic heterocycles. The van der Waals surface area contributed by atoms with Crippen molar-refractivity contribution in [3.05, 3.63) is 76.9 Å². The SMILES string of the molecule is CCC1C=C(OC(=O)c2ccccc2)c2c(C)cccc21. The highest BCUT2D eigenvalue weighted by molar-refractivity contribution is 5.94. The van der Waals surface area contributed by atoms with Crippen molar-refractivity contribution in [3.63, 3.8) is 0 Å². The van der Waals surface area contributed by atoms with Crippen molar-refractivity contribution in [2.75, 3.05) is 0 Å². The summed E-state index contributed by atoms with van der Waals surface area (Å²) in [7, 11) is 0. The first-order valence-corrected chi connectivity index (χ1v) is 7.29. The van der Waals surface area contributed by atoms with Gasteiger partial charge in [0.2, 0.25) is 0 Å². The third-order valence-corrected chi connectivity index (χ3v) is 3.96. The van der Waals surface area contributed by atoms with E-state index in [9.17, 15) is 4.79 Å². The van der Waals surface area contributed by atoms with Crippen LogP contribution in [0.3, 0.4) is 0 Å². The van der Waals surface area contributed by atoms with Crippen LogP contribution in [0.15, 0.2) is 54.6 Å². The zero-order valence-electron chi connectivity index (χ0n) is 12.3. The van der Waals surface area contributed by atoms with Crippen LogP contribution in [0, 0.1) is 6.92 Å². The van der Waals surface area contributed by atoms with Crippen molar-refractivity contribution >= 4 is 11.7 Å². The molecule has 0 spiro atoms. The van der Waals surface area contributed by atoms with Crippen LogP contribution in [0.5, 0.6) is 0 Å². The molecule has 0 fully saturated rings. The van der Waals surface area contributed by atoms with Crippen LogP contribution >= 0.6 is 0 Å². The van der Waals surface area contributed by atoms with E-state index in [0.29, 0.717) is 17.2 Å². The van der Waals surface area contributed by atoms with Gasteiger partial charge >= 0.3 is 5.97 Å². The number of aryl methyl sites for hydroxylation is 1. The Morgan fingerprint density at radius 2 is 1.86 bits per heavy atom. The lowest BCUT2D eigenvalue weighted by molar-refractivity contribution is 0.0692. The van der Waals surface area contributed by atoms with Crippen molar-refractivity contribution in [3.8, 4) is 0 Å². The first-order chi connectivity index (χ1) is 10.2. The maximum absolute atomic E-state index is 12.3. The minimum atomic E-state index is -0.298. The van der Waals surface area contributed by atoms with Gasteiger partial charge in [0, 0.05) is 11.5 Å². The summed E-state index contributed by atoms with van der Waals surface area (Å²) in [5, 5.41) is 0. The second-order valence-corrected chi connectivity index (χ2v) is 5.34. The second kappa shape index (κ2) is 5.57. The maximum Gasteiger partial charge on any atom is 0.343 e. The molecule has 0 amide bonds. The van der Waals surface area contributed by atoms with E-state index in [1.54, 1.807) is 12.1 Å². The zero-order chi connectivity index (χ0) is 14.8. The highest BCUT2D eigenvalue weighted by Gasteiger charge is 2.26. The molecule has 2 aromatic carbocycles. The summed E-state index contributed by atoms with van der Waals surface area (Å²) in [5.41, 5.74) is 4.06. The third kappa shape index (κ3) is 2.49. The van der Waals surface area contributed by atoms with Gasteiger partial charge < -0.3 is 4.74 Å². The van der Waals surface area contributed by atoms with E-state index in [4.69, 9.17) is 4.74 Å². The van der Waals surface area contributed by atoms with Gasteiger partial charge in [-0.1, -0.05) is 43.3 Å². The van der Waals surface area contributed by atoms with Crippen molar-refractivity contribution in [2.45, 2.75) is 26.2 Å². The highest BCUT2D eigenvalue weighted by Crippen LogP contribution is 2.40. The molecule has 2 heteroatoms. The number of carbonyl (C=O) groups is 1. The van der Waals surface area contributed by atoms with Gasteiger partial charge in [-0.15, -0.1) is 0 Å². The van der Waals surface area contributed by atoms with Gasteiger partial charge in [0.25, 0.3) is 0 Å². The number of hydrogen-bond donors (Lipinski definition) is 0. The van der Waals surface area contributed by atoms with Crippen LogP contribution < -0.4 is 0 Å². The Kier molecular flexibility index (Phi) is 3.61. The van der Waals surface area contributed by atoms with E-state index in [1.165, 1.54) is 5.56 Å². The smallest absolute Gasteiger partial charge is 0.343 e. The van der Waals surface area contributed by atoms with Gasteiger partial charge in [-0.2, -0.15) is 0 Å². The molecular weight excluding hydrogens is 260 g/mol. The van der Waals surface area contributed by atoms with E-state index in [2.05, 4.69) is 38.1 Å². The molecule has 2 nitrogen and oxygen atoms in total. The van der Waals surface area contributed by atoms with Crippen LogP contribution in [-0.2, 0) is 4.74 Å². The number of carbonyl (C=O) groups excluding carboxylic acids is 1. The van der Waals surface area contributed by atoms with Crippen LogP contribution in [-0.4, -0.2) is 5.97 Å². The van der Waals surface area contributed by atoms with Gasteiger partial charge in [0.15, 0.2) is 0 Å². The van der Waals surface area contributed by atoms with Crippen molar-refractivity contribution in [1.82, 2.24) is 0 Å². The lowest BCUT2D eigenvalue weighted by atomic mass is 9.96. The van der Waals surface area contributed by atoms with Gasteiger partial charge in [-0.05, 0) is 42.7 Å². The van der Waals surface area contributed by atoms with Crippen molar-refractivity contribution in [1.29, 1.82) is 0 Å². The molecule has 3 rings (SSSR count). The minimum absolute atomic E-state index is 0.298. The largest absolute Gasteiger partial charge is 0.423 e. The van der Waals surface area contributed by atoms with E-state index in [-0.39, 0.29) is 5.97 Å². The Hall–Kier alpha value is -2.35. The standard InChI is InChI=1S/C19H18O2/c1-3-14-12-17(18-13(2)8-7-11-16(14)18)21-19(20)15-9-5-4-6-10-15/h4-12,14H,3H2,1-2H3. The van der Waals surface area contributed by atoms with Gasteiger partial charge in [0.1, 0.15) is 5.76 Å². The molecule has 0 radical (unpaired) electrons. The summed E-state index contributed by atoms with van der Waals surface area (Å²) >= 11 is 0. The number of allylic oxidation sites excluding steroid dienone is 1. The van der Waals surface area contributed by atoms with E-state index >= 15 is 0 Å². The molecule has 21 heavy (non-hydrogen) atoms. The van der Waals surface area contributed by atoms with Gasteiger partial charge in [-0.25, -0.2) is 4.79 Å². The zero-order valence-corrected chi connectivity index (χ0v) is 12.3. The molecule has 0 saturated carbocycles. The van der Waals surface area contributed by atoms with Crippen LogP contribution in [0.1, 0.15) is 46.3 Å². The van der Waals surface area contributed by atoms with Gasteiger partial charge in [0.05, 0.1) is 5.56 Å². The molecular formula is C19H18O2. The Balaban J connectivity index is 1.92. The number of esters is 1. The Morgan fingerprint density at radius 3 is 2.57 bits per heavy atom. The molecule has 0 aromatic heterocycles. The molecule has 0 N–H and O–H groups in total. The summed E-state index contributed by atoms with van der Waals surface area (Å²) in [4.78, 5) is 12.3. The molecule has 106 valence electrons. The quantitative estimate of drug-likeness (QED) is 0.761. The average molecular weight is 278 g/mol. The monoisotopic (exact) mass is 278 g/mol. The summed E-state index contributed by atoms with van der Waals surface area (Å²) < 4.78 is 5.66. The maximum atomic E-state index is 12.3. The van der Waals surface area contributed by atoms with Crippen LogP contribution in [0.4, 0.5) is 0 Å². The molecule has 1 atom stereocenters. The molecule has 1 unspecified atom stereocenters. The Labute approximate surface area is 125 Å². The number of rotatable bonds is 3. The molecule has 1 aliphatic rings. The average Bonchev–Trinajstić information content (AvgIpc) is 2.87. The highest BCUT2D eigenvalue weighted by atomic mass is 16.5. The lowest BCUT2D eigenvalue weighted by Crippen LogP contribution is -2.04. The molecule has 2 aromatic rings. The fourth-order valence-corrected chi connectivity index (χ4v) is 2.85. The van der Waals surface area contributed by atoms with Crippen molar-refractivity contribution < 1.29 is 9.53 Å². The minimum Gasteiger partial charge on any atom is -0.423 e. The predicted molar refractivity (Wildman–Crippen MR) is 84.0 cm³/mol. The second-order valence-electron chi connectivity index (χ2n) is 5.34. The lowest BCUT2D eigenvalue weighted by Gasteiger charge is -2.11. The Bertz CT molecular complexity index is 699. The van der Waals surface area contributed by atoms with Crippen LogP contribution in [0.25, 0.3) is 5.76 Å². The molecule has 0 saturated heterocycles. The number of fused-ring (bicyclic) bond motifs is 1. The first-order valence-electron chi connectivity index (χ1n) is 7.29. The number of benzene rings is 2. The van der Waals surface area contributed by atoms with E-state index in [1.807, 2.05) is 18.2 Å². The Morgan fingerprint density at radius 1 is 1.10 bits per heavy atom. The summed E-state index contributed by atoms with van der Waals surface area (Å²) in [6.45, 7) is 4.20. The molecule has 0 heterocycles. The summed E-state index contributed by atoms with van der Waals surface area (Å²) in [6, 6.07) is 15.4. The van der Waals surface area contributed by atoms with E-state index in [0.717, 1.165) is 17.5 Å². The molecule has 0 bridgehead atoms. The van der Waals surface area contributed by atoms with E-state index < -0.39 is 0 Å². The number of hydrogen-bond acceptors (Lipinski definition) is 2. The van der Waals surface area contributed by atoms with Crippen molar-refractivity contribution in [2.24, 2.45) is 0 Å². The fourth-order valence-electron chi connectivity index (χ4n) is 2.85. The fraction of sp³-hybridized carbons (Fsp3) is 0.211. The van der Waals surface area contributed by atoms with Gasteiger partial charge in [-0.3, -0.25) is 0 Å². The normalized spacial score (nSPS) is 16.3. The molecule has 1 aliphatic carbocycles. The number of ether oxygens (including phenoxy) is 1. The third-order valence-electron chi connectivity index (χ3n) is 3.96. The summed E-state index contributed by atoms with van der Waals surface area (Å²) in [6.07, 6.45) is 3.07. The van der Waals surface area contributed by atoms with Crippen LogP contribution in [0.2, 0.25) is 0 Å².